The molecule has 0 aromatic rings. The van der Waals surface area contributed by atoms with E-state index >= 15 is 0 Å². The zero-order chi connectivity index (χ0) is 22.7. The summed E-state index contributed by atoms with van der Waals surface area (Å²) in [5, 5.41) is 24.6. The van der Waals surface area contributed by atoms with Gasteiger partial charge in [0.25, 0.3) is 0 Å². The summed E-state index contributed by atoms with van der Waals surface area (Å²) >= 11 is 0. The predicted molar refractivity (Wildman–Crippen MR) is 120 cm³/mol. The molecule has 172 valence electrons. The van der Waals surface area contributed by atoms with Crippen LogP contribution in [0.15, 0.2) is 11.6 Å². The van der Waals surface area contributed by atoms with Gasteiger partial charge in [0.2, 0.25) is 0 Å². The van der Waals surface area contributed by atoms with Crippen LogP contribution in [0.1, 0.15) is 105 Å². The molecule has 0 aromatic heterocycles. The van der Waals surface area contributed by atoms with E-state index in [1.54, 1.807) is 0 Å². The van der Waals surface area contributed by atoms with Crippen LogP contribution >= 0.6 is 0 Å². The van der Waals surface area contributed by atoms with E-state index in [2.05, 4.69) is 34.6 Å². The van der Waals surface area contributed by atoms with Crippen LogP contribution in [0, 0.1) is 17.8 Å². The second-order valence-corrected chi connectivity index (χ2v) is 8.88. The first-order valence-electron chi connectivity index (χ1n) is 11.3. The third-order valence-electron chi connectivity index (χ3n) is 5.13. The molecule has 5 heteroatoms. The van der Waals surface area contributed by atoms with Crippen LogP contribution in [0.4, 0.5) is 0 Å². The standard InChI is InChI=1S/C20H40O.C4H6O4/c1-17(2)9-6-10-18(3)11-7-12-19(4)13-8-14-20(5)15-16-21;5-3(6)1-2-4(7)8/h15,17-19,21H,6-14,16H2,1-5H3;1-2H2,(H,5,6)(H,7,8)/t18-,19-;/m1./s1. The van der Waals surface area contributed by atoms with E-state index in [0.717, 1.165) is 24.2 Å². The summed E-state index contributed by atoms with van der Waals surface area (Å²) < 4.78 is 0. The molecule has 5 nitrogen and oxygen atoms in total. The van der Waals surface area contributed by atoms with Gasteiger partial charge in [0, 0.05) is 0 Å². The maximum Gasteiger partial charge on any atom is 0.303 e. The molecule has 0 bridgehead atoms. The minimum atomic E-state index is -1.08. The Hall–Kier alpha value is -1.36. The Morgan fingerprint density at radius 1 is 0.724 bits per heavy atom. The molecule has 0 aromatic carbocycles. The van der Waals surface area contributed by atoms with Crippen LogP contribution in [0.2, 0.25) is 0 Å². The summed E-state index contributed by atoms with van der Waals surface area (Å²) in [4.78, 5) is 19.3. The molecule has 0 fully saturated rings. The lowest BCUT2D eigenvalue weighted by atomic mass is 9.91. The minimum absolute atomic E-state index is 0.191. The number of rotatable bonds is 16. The second kappa shape index (κ2) is 19.9. The first kappa shape index (κ1) is 29.8. The zero-order valence-electron chi connectivity index (χ0n) is 19.5. The molecule has 0 rings (SSSR count). The van der Waals surface area contributed by atoms with Crippen molar-refractivity contribution >= 4 is 11.9 Å². The Morgan fingerprint density at radius 2 is 1.14 bits per heavy atom. The number of allylic oxidation sites excluding steroid dienone is 1. The van der Waals surface area contributed by atoms with Crippen molar-refractivity contribution in [2.24, 2.45) is 17.8 Å². The van der Waals surface area contributed by atoms with Gasteiger partial charge in [-0.15, -0.1) is 0 Å². The van der Waals surface area contributed by atoms with Crippen molar-refractivity contribution in [3.05, 3.63) is 11.6 Å². The van der Waals surface area contributed by atoms with Crippen molar-refractivity contribution in [2.45, 2.75) is 105 Å². The first-order valence-corrected chi connectivity index (χ1v) is 11.3. The fourth-order valence-electron chi connectivity index (χ4n) is 3.18. The van der Waals surface area contributed by atoms with Gasteiger partial charge in [-0.1, -0.05) is 84.3 Å². The zero-order valence-corrected chi connectivity index (χ0v) is 19.5. The van der Waals surface area contributed by atoms with Crippen molar-refractivity contribution in [3.63, 3.8) is 0 Å². The molecule has 0 saturated carbocycles. The van der Waals surface area contributed by atoms with E-state index in [-0.39, 0.29) is 19.4 Å². The molecule has 0 amide bonds. The van der Waals surface area contributed by atoms with Crippen LogP contribution in [-0.2, 0) is 9.59 Å². The number of carboxylic acids is 2. The fraction of sp³-hybridized carbons (Fsp3) is 0.833. The molecule has 0 aliphatic rings. The monoisotopic (exact) mass is 414 g/mol. The van der Waals surface area contributed by atoms with E-state index < -0.39 is 11.9 Å². The lowest BCUT2D eigenvalue weighted by Crippen LogP contribution is -2.00. The number of carbonyl (C=O) groups is 2. The number of aliphatic carboxylic acids is 2. The molecule has 0 unspecified atom stereocenters. The highest BCUT2D eigenvalue weighted by Gasteiger charge is 2.06. The summed E-state index contributed by atoms with van der Waals surface area (Å²) in [6, 6.07) is 0. The van der Waals surface area contributed by atoms with Gasteiger partial charge < -0.3 is 15.3 Å². The lowest BCUT2D eigenvalue weighted by molar-refractivity contribution is -0.143. The Bertz CT molecular complexity index is 429. The fourth-order valence-corrected chi connectivity index (χ4v) is 3.18. The largest absolute Gasteiger partial charge is 0.481 e. The maximum absolute atomic E-state index is 9.64. The molecule has 0 aliphatic heterocycles. The van der Waals surface area contributed by atoms with E-state index in [9.17, 15) is 9.59 Å². The highest BCUT2D eigenvalue weighted by atomic mass is 16.4. The van der Waals surface area contributed by atoms with Gasteiger partial charge in [0.15, 0.2) is 0 Å². The van der Waals surface area contributed by atoms with Gasteiger partial charge in [0.05, 0.1) is 19.4 Å². The second-order valence-electron chi connectivity index (χ2n) is 8.88. The van der Waals surface area contributed by atoms with Crippen LogP contribution < -0.4 is 0 Å². The van der Waals surface area contributed by atoms with E-state index in [1.165, 1.54) is 56.9 Å². The Labute approximate surface area is 178 Å². The molecule has 0 saturated heterocycles. The average molecular weight is 415 g/mol. The van der Waals surface area contributed by atoms with Crippen LogP contribution in [-0.4, -0.2) is 33.9 Å². The minimum Gasteiger partial charge on any atom is -0.481 e. The number of hydrogen-bond acceptors (Lipinski definition) is 3. The predicted octanol–water partition coefficient (Wildman–Crippen LogP) is 6.30. The number of aliphatic hydroxyl groups excluding tert-OH is 1. The molecule has 0 heterocycles. The van der Waals surface area contributed by atoms with Crippen molar-refractivity contribution < 1.29 is 24.9 Å². The summed E-state index contributed by atoms with van der Waals surface area (Å²) in [6.07, 6.45) is 13.5. The molecule has 0 spiro atoms. The summed E-state index contributed by atoms with van der Waals surface area (Å²) in [7, 11) is 0. The Morgan fingerprint density at radius 3 is 1.52 bits per heavy atom. The molecular weight excluding hydrogens is 368 g/mol. The molecule has 3 N–H and O–H groups in total. The van der Waals surface area contributed by atoms with E-state index in [0.29, 0.717) is 0 Å². The van der Waals surface area contributed by atoms with Gasteiger partial charge in [-0.3, -0.25) is 9.59 Å². The van der Waals surface area contributed by atoms with Crippen LogP contribution in [0.25, 0.3) is 0 Å². The van der Waals surface area contributed by atoms with Gasteiger partial charge in [-0.2, -0.15) is 0 Å². The van der Waals surface area contributed by atoms with Crippen molar-refractivity contribution in [3.8, 4) is 0 Å². The molecule has 0 radical (unpaired) electrons. The molecular formula is C24H46O5. The maximum atomic E-state index is 9.64. The van der Waals surface area contributed by atoms with Crippen LogP contribution in [0.5, 0.6) is 0 Å². The first-order chi connectivity index (χ1) is 13.6. The van der Waals surface area contributed by atoms with Crippen molar-refractivity contribution in [1.29, 1.82) is 0 Å². The smallest absolute Gasteiger partial charge is 0.303 e. The highest BCUT2D eigenvalue weighted by molar-refractivity contribution is 5.75. The topological polar surface area (TPSA) is 94.8 Å². The molecule has 0 aliphatic carbocycles. The summed E-state index contributed by atoms with van der Waals surface area (Å²) in [5.74, 6) is 0.473. The third kappa shape index (κ3) is 26.6. The normalized spacial score (nSPS) is 13.6. The SMILES string of the molecule is CC(=CCO)CCC[C@H](C)CCC[C@H](C)CCCC(C)C.O=C(O)CCC(=O)O. The number of hydrogen-bond donors (Lipinski definition) is 3. The van der Waals surface area contributed by atoms with E-state index in [1.807, 2.05) is 6.08 Å². The van der Waals surface area contributed by atoms with E-state index in [4.69, 9.17) is 15.3 Å². The number of carboxylic acid groups (broad SMARTS) is 2. The lowest BCUT2D eigenvalue weighted by Gasteiger charge is -2.15. The molecule has 29 heavy (non-hydrogen) atoms. The quantitative estimate of drug-likeness (QED) is 0.258. The Kier molecular flexibility index (Phi) is 20.5. The number of aliphatic hydroxyl groups is 1. The molecule has 2 atom stereocenters. The van der Waals surface area contributed by atoms with Crippen molar-refractivity contribution in [2.75, 3.05) is 6.61 Å². The van der Waals surface area contributed by atoms with Gasteiger partial charge in [-0.25, -0.2) is 0 Å². The van der Waals surface area contributed by atoms with Gasteiger partial charge in [-0.05, 0) is 37.5 Å². The Balaban J connectivity index is 0. The van der Waals surface area contributed by atoms with Gasteiger partial charge >= 0.3 is 11.9 Å². The summed E-state index contributed by atoms with van der Waals surface area (Å²) in [5.41, 5.74) is 1.34. The summed E-state index contributed by atoms with van der Waals surface area (Å²) in [6.45, 7) is 11.8. The van der Waals surface area contributed by atoms with Crippen LogP contribution in [0.3, 0.4) is 0 Å². The van der Waals surface area contributed by atoms with Crippen molar-refractivity contribution in [1.82, 2.24) is 0 Å². The average Bonchev–Trinajstić information content (AvgIpc) is 2.60. The highest BCUT2D eigenvalue weighted by Crippen LogP contribution is 2.21. The third-order valence-corrected chi connectivity index (χ3v) is 5.13. The van der Waals surface area contributed by atoms with Gasteiger partial charge in [0.1, 0.15) is 0 Å².